The van der Waals surface area contributed by atoms with Gasteiger partial charge in [0.05, 0.1) is 9.72 Å². The van der Waals surface area contributed by atoms with Crippen LogP contribution in [0.5, 0.6) is 0 Å². The van der Waals surface area contributed by atoms with Crippen molar-refractivity contribution in [2.24, 2.45) is 0 Å². The number of hydrogen-bond donors (Lipinski definition) is 0. The van der Waals surface area contributed by atoms with E-state index in [9.17, 15) is 9.18 Å². The molecule has 0 spiro atoms. The second kappa shape index (κ2) is 7.75. The first kappa shape index (κ1) is 19.3. The fourth-order valence-corrected chi connectivity index (χ4v) is 5.34. The number of rotatable bonds is 5. The van der Waals surface area contributed by atoms with E-state index in [1.807, 2.05) is 43.3 Å². The van der Waals surface area contributed by atoms with Crippen molar-refractivity contribution in [1.29, 1.82) is 0 Å². The van der Waals surface area contributed by atoms with Gasteiger partial charge in [-0.15, -0.1) is 11.3 Å². The Morgan fingerprint density at radius 3 is 2.54 bits per heavy atom. The molecular weight excluding hydrogens is 417 g/mol. The Hall–Kier alpha value is -2.06. The minimum atomic E-state index is -0.389. The monoisotopic (exact) mass is 433 g/mol. The predicted octanol–water partition coefficient (Wildman–Crippen LogP) is 5.51. The number of likely N-dealkylation sites (N-methyl/N-ethyl adjacent to an activating group) is 1. The SMILES string of the molecule is CN(C)CCN(C(=O)c1sc2ccccc2c1Cl)c1nc2c(F)cccc2s1. The zero-order valence-corrected chi connectivity index (χ0v) is 17.7. The van der Waals surface area contributed by atoms with Crippen molar-refractivity contribution in [2.45, 2.75) is 0 Å². The van der Waals surface area contributed by atoms with Crippen LogP contribution in [0.4, 0.5) is 9.52 Å². The van der Waals surface area contributed by atoms with Gasteiger partial charge < -0.3 is 4.90 Å². The van der Waals surface area contributed by atoms with Gasteiger partial charge in [0.1, 0.15) is 16.2 Å². The average molecular weight is 434 g/mol. The van der Waals surface area contributed by atoms with Gasteiger partial charge in [-0.3, -0.25) is 9.69 Å². The number of carbonyl (C=O) groups is 1. The van der Waals surface area contributed by atoms with E-state index in [0.29, 0.717) is 32.8 Å². The molecule has 4 aromatic rings. The number of thiophene rings is 1. The summed E-state index contributed by atoms with van der Waals surface area (Å²) in [6, 6.07) is 12.5. The van der Waals surface area contributed by atoms with E-state index in [2.05, 4.69) is 4.98 Å². The highest BCUT2D eigenvalue weighted by molar-refractivity contribution is 7.23. The third-order valence-electron chi connectivity index (χ3n) is 4.33. The highest BCUT2D eigenvalue weighted by Crippen LogP contribution is 2.38. The van der Waals surface area contributed by atoms with Crippen molar-refractivity contribution in [1.82, 2.24) is 9.88 Å². The second-order valence-corrected chi connectivity index (χ2v) is 9.02. The van der Waals surface area contributed by atoms with E-state index in [1.54, 1.807) is 17.0 Å². The van der Waals surface area contributed by atoms with E-state index in [1.165, 1.54) is 28.7 Å². The average Bonchev–Trinajstić information content (AvgIpc) is 3.24. The molecule has 4 nitrogen and oxygen atoms in total. The van der Waals surface area contributed by atoms with Crippen LogP contribution in [0.3, 0.4) is 0 Å². The molecule has 0 fully saturated rings. The van der Waals surface area contributed by atoms with Gasteiger partial charge in [0.25, 0.3) is 5.91 Å². The predicted molar refractivity (Wildman–Crippen MR) is 117 cm³/mol. The van der Waals surface area contributed by atoms with Crippen LogP contribution in [0.2, 0.25) is 5.02 Å². The van der Waals surface area contributed by atoms with Crippen LogP contribution >= 0.6 is 34.3 Å². The number of nitrogens with zero attached hydrogens (tertiary/aromatic N) is 3. The van der Waals surface area contributed by atoms with Crippen LogP contribution in [0, 0.1) is 5.82 Å². The lowest BCUT2D eigenvalue weighted by Gasteiger charge is -2.21. The summed E-state index contributed by atoms with van der Waals surface area (Å²) in [5.41, 5.74) is 0.285. The highest BCUT2D eigenvalue weighted by Gasteiger charge is 2.26. The number of thiazole rings is 1. The number of benzene rings is 2. The Bertz CT molecular complexity index is 1170. The molecule has 0 N–H and O–H groups in total. The largest absolute Gasteiger partial charge is 0.308 e. The molecule has 8 heteroatoms. The number of fused-ring (bicyclic) bond motifs is 2. The molecule has 0 aliphatic rings. The lowest BCUT2D eigenvalue weighted by atomic mass is 10.2. The summed E-state index contributed by atoms with van der Waals surface area (Å²) in [7, 11) is 3.88. The van der Waals surface area contributed by atoms with Crippen LogP contribution < -0.4 is 4.90 Å². The summed E-state index contributed by atoms with van der Waals surface area (Å²) in [6.45, 7) is 1.07. The maximum atomic E-state index is 14.1. The van der Waals surface area contributed by atoms with Crippen molar-refractivity contribution in [3.05, 3.63) is 58.2 Å². The zero-order chi connectivity index (χ0) is 19.8. The first-order valence-corrected chi connectivity index (χ1v) is 10.7. The quantitative estimate of drug-likeness (QED) is 0.416. The van der Waals surface area contributed by atoms with Gasteiger partial charge in [-0.05, 0) is 32.3 Å². The molecule has 0 radical (unpaired) electrons. The van der Waals surface area contributed by atoms with Gasteiger partial charge in [0, 0.05) is 23.2 Å². The normalized spacial score (nSPS) is 11.6. The van der Waals surface area contributed by atoms with Crippen LogP contribution in [0.25, 0.3) is 20.3 Å². The van der Waals surface area contributed by atoms with Gasteiger partial charge in [-0.1, -0.05) is 47.2 Å². The Labute approximate surface area is 174 Å². The zero-order valence-electron chi connectivity index (χ0n) is 15.3. The molecule has 0 aliphatic carbocycles. The molecule has 1 amide bonds. The van der Waals surface area contributed by atoms with E-state index < -0.39 is 0 Å². The molecule has 0 aliphatic heterocycles. The van der Waals surface area contributed by atoms with Gasteiger partial charge in [-0.25, -0.2) is 9.37 Å². The van der Waals surface area contributed by atoms with E-state index in [0.717, 1.165) is 10.1 Å². The first-order valence-electron chi connectivity index (χ1n) is 8.64. The third kappa shape index (κ3) is 3.51. The summed E-state index contributed by atoms with van der Waals surface area (Å²) >= 11 is 9.19. The topological polar surface area (TPSA) is 36.4 Å². The Morgan fingerprint density at radius 2 is 1.82 bits per heavy atom. The van der Waals surface area contributed by atoms with Crippen molar-refractivity contribution < 1.29 is 9.18 Å². The molecule has 0 unspecified atom stereocenters. The highest BCUT2D eigenvalue weighted by atomic mass is 35.5. The fraction of sp³-hybridized carbons (Fsp3) is 0.200. The van der Waals surface area contributed by atoms with E-state index in [4.69, 9.17) is 11.6 Å². The number of carbonyl (C=O) groups excluding carboxylic acids is 1. The number of para-hydroxylation sites is 1. The smallest absolute Gasteiger partial charge is 0.271 e. The second-order valence-electron chi connectivity index (χ2n) is 6.58. The first-order chi connectivity index (χ1) is 13.5. The summed E-state index contributed by atoms with van der Waals surface area (Å²) in [6.07, 6.45) is 0. The number of hydrogen-bond acceptors (Lipinski definition) is 5. The molecule has 28 heavy (non-hydrogen) atoms. The minimum Gasteiger partial charge on any atom is -0.308 e. The molecule has 2 aromatic heterocycles. The minimum absolute atomic E-state index is 0.215. The molecule has 2 heterocycles. The summed E-state index contributed by atoms with van der Waals surface area (Å²) < 4.78 is 15.8. The molecular formula is C20H17ClFN3OS2. The number of amides is 1. The van der Waals surface area contributed by atoms with Crippen molar-refractivity contribution in [3.8, 4) is 0 Å². The van der Waals surface area contributed by atoms with Gasteiger partial charge in [0.15, 0.2) is 5.13 Å². The third-order valence-corrected chi connectivity index (χ3v) is 7.04. The van der Waals surface area contributed by atoms with Crippen LogP contribution in [-0.2, 0) is 0 Å². The fourth-order valence-electron chi connectivity index (χ4n) is 2.88. The Morgan fingerprint density at radius 1 is 1.07 bits per heavy atom. The lowest BCUT2D eigenvalue weighted by molar-refractivity contribution is 0.0989. The van der Waals surface area contributed by atoms with Crippen LogP contribution in [0.1, 0.15) is 9.67 Å². The molecule has 0 saturated heterocycles. The molecule has 2 aromatic carbocycles. The summed E-state index contributed by atoms with van der Waals surface area (Å²) in [5, 5.41) is 1.79. The number of anilines is 1. The van der Waals surface area contributed by atoms with Crippen molar-refractivity contribution >= 4 is 65.6 Å². The van der Waals surface area contributed by atoms with Crippen molar-refractivity contribution in [3.63, 3.8) is 0 Å². The lowest BCUT2D eigenvalue weighted by Crippen LogP contribution is -2.36. The van der Waals surface area contributed by atoms with Gasteiger partial charge >= 0.3 is 0 Å². The standard InChI is InChI=1S/C20H17ClFN3OS2/c1-24(2)10-11-25(20-23-17-13(22)7-5-9-15(17)28-20)19(26)18-16(21)12-6-3-4-8-14(12)27-18/h3-9H,10-11H2,1-2H3. The summed E-state index contributed by atoms with van der Waals surface area (Å²) in [5.74, 6) is -0.604. The maximum Gasteiger partial charge on any atom is 0.271 e. The number of aromatic nitrogens is 1. The molecule has 0 saturated carbocycles. The van der Waals surface area contributed by atoms with Crippen molar-refractivity contribution in [2.75, 3.05) is 32.1 Å². The summed E-state index contributed by atoms with van der Waals surface area (Å²) in [4.78, 5) is 21.9. The van der Waals surface area contributed by atoms with E-state index >= 15 is 0 Å². The van der Waals surface area contributed by atoms with Gasteiger partial charge in [0.2, 0.25) is 0 Å². The molecule has 0 atom stereocenters. The van der Waals surface area contributed by atoms with Gasteiger partial charge in [-0.2, -0.15) is 0 Å². The maximum absolute atomic E-state index is 14.1. The molecule has 4 rings (SSSR count). The van der Waals surface area contributed by atoms with Crippen LogP contribution in [0.15, 0.2) is 42.5 Å². The number of halogens is 2. The van der Waals surface area contributed by atoms with E-state index in [-0.39, 0.29) is 17.2 Å². The van der Waals surface area contributed by atoms with Crippen LogP contribution in [-0.4, -0.2) is 43.0 Å². The Kier molecular flexibility index (Phi) is 5.33. The molecule has 0 bridgehead atoms. The molecule has 144 valence electrons. The Balaban J connectivity index is 1.79.